The molecule has 3 aromatic rings. The first kappa shape index (κ1) is 24.1. The van der Waals surface area contributed by atoms with Crippen LogP contribution < -0.4 is 9.80 Å². The maximum atomic E-state index is 13.1. The van der Waals surface area contributed by atoms with Gasteiger partial charge in [-0.2, -0.15) is 0 Å². The largest absolute Gasteiger partial charge is 0.383 e. The minimum absolute atomic E-state index is 0.0385. The van der Waals surface area contributed by atoms with E-state index in [0.717, 1.165) is 54.3 Å². The number of ether oxygens (including phenoxy) is 1. The van der Waals surface area contributed by atoms with Gasteiger partial charge in [0.15, 0.2) is 11.6 Å². The summed E-state index contributed by atoms with van der Waals surface area (Å²) in [5.41, 5.74) is 3.31. The number of methoxy groups -OCH3 is 1. The first-order valence-corrected chi connectivity index (χ1v) is 12.3. The third-order valence-electron chi connectivity index (χ3n) is 6.88. The summed E-state index contributed by atoms with van der Waals surface area (Å²) in [6.07, 6.45) is 5.30. The number of aryl methyl sites for hydroxylation is 2. The first-order valence-electron chi connectivity index (χ1n) is 12.3. The summed E-state index contributed by atoms with van der Waals surface area (Å²) in [4.78, 5) is 38.8. The second-order valence-corrected chi connectivity index (χ2v) is 9.25. The number of nitrogens with zero attached hydrogens (tertiary/aromatic N) is 4. The SMILES string of the molecule is COCCN1C(=O)[C@@H]2CCCN2c2nc(CCc3ccc(CC(=O)c4ccc(F)cc4)cc3)ncc21. The van der Waals surface area contributed by atoms with Crippen molar-refractivity contribution in [2.75, 3.05) is 36.6 Å². The molecule has 0 unspecified atom stereocenters. The van der Waals surface area contributed by atoms with Crippen LogP contribution in [-0.2, 0) is 28.8 Å². The number of carbonyl (C=O) groups excluding carboxylic acids is 2. The number of aromatic nitrogens is 2. The van der Waals surface area contributed by atoms with Crippen LogP contribution in [0.25, 0.3) is 0 Å². The molecule has 0 spiro atoms. The molecule has 8 heteroatoms. The standard InChI is InChI=1S/C28H29FN4O3/c1-36-16-15-33-24-18-30-26(31-27(24)32-14-2-3-23(32)28(33)35)13-8-19-4-6-20(7-5-19)17-25(34)21-9-11-22(29)12-10-21/h4-7,9-12,18,23H,2-3,8,13-17H2,1H3/t23-/m0/s1. The number of halogens is 1. The van der Waals surface area contributed by atoms with Gasteiger partial charge in [-0.3, -0.25) is 9.59 Å². The fourth-order valence-electron chi connectivity index (χ4n) is 4.92. The van der Waals surface area contributed by atoms with Crippen molar-refractivity contribution in [2.45, 2.75) is 38.1 Å². The highest BCUT2D eigenvalue weighted by Crippen LogP contribution is 2.38. The van der Waals surface area contributed by atoms with Crippen molar-refractivity contribution in [1.82, 2.24) is 9.97 Å². The Bertz CT molecular complexity index is 1250. The molecule has 2 aliphatic rings. The van der Waals surface area contributed by atoms with Crippen LogP contribution in [0.2, 0.25) is 0 Å². The Morgan fingerprint density at radius 3 is 2.58 bits per heavy atom. The van der Waals surface area contributed by atoms with Crippen LogP contribution in [0.3, 0.4) is 0 Å². The monoisotopic (exact) mass is 488 g/mol. The molecule has 3 heterocycles. The normalized spacial score (nSPS) is 16.7. The lowest BCUT2D eigenvalue weighted by Crippen LogP contribution is -2.52. The number of rotatable bonds is 9. The molecule has 0 saturated carbocycles. The van der Waals surface area contributed by atoms with Crippen molar-refractivity contribution in [2.24, 2.45) is 0 Å². The van der Waals surface area contributed by atoms with E-state index in [9.17, 15) is 14.0 Å². The van der Waals surface area contributed by atoms with Crippen LogP contribution in [0.1, 0.15) is 40.2 Å². The molecule has 0 radical (unpaired) electrons. The summed E-state index contributed by atoms with van der Waals surface area (Å²) < 4.78 is 18.3. The van der Waals surface area contributed by atoms with Gasteiger partial charge in [0, 0.05) is 38.6 Å². The zero-order valence-corrected chi connectivity index (χ0v) is 20.3. The Kier molecular flexibility index (Phi) is 7.04. The molecule has 2 aliphatic heterocycles. The molecule has 1 fully saturated rings. The van der Waals surface area contributed by atoms with Crippen LogP contribution in [0.4, 0.5) is 15.9 Å². The highest BCUT2D eigenvalue weighted by Gasteiger charge is 2.41. The van der Waals surface area contributed by atoms with Gasteiger partial charge in [0.25, 0.3) is 0 Å². The Hall–Kier alpha value is -3.65. The summed E-state index contributed by atoms with van der Waals surface area (Å²) >= 11 is 0. The Labute approximate surface area is 209 Å². The molecule has 1 saturated heterocycles. The number of fused-ring (bicyclic) bond motifs is 3. The molecule has 1 aromatic heterocycles. The summed E-state index contributed by atoms with van der Waals surface area (Å²) in [6.45, 7) is 1.78. The summed E-state index contributed by atoms with van der Waals surface area (Å²) in [5.74, 6) is 1.30. The quantitative estimate of drug-likeness (QED) is 0.427. The van der Waals surface area contributed by atoms with Crippen molar-refractivity contribution < 1.29 is 18.7 Å². The molecule has 7 nitrogen and oxygen atoms in total. The average molecular weight is 489 g/mol. The van der Waals surface area contributed by atoms with E-state index in [1.165, 1.54) is 24.3 Å². The molecule has 186 valence electrons. The van der Waals surface area contributed by atoms with Gasteiger partial charge in [0.05, 0.1) is 12.8 Å². The number of hydrogen-bond acceptors (Lipinski definition) is 6. The lowest BCUT2D eigenvalue weighted by Gasteiger charge is -2.38. The molecule has 0 bridgehead atoms. The van der Waals surface area contributed by atoms with Crippen molar-refractivity contribution in [3.63, 3.8) is 0 Å². The molecule has 5 rings (SSSR count). The van der Waals surface area contributed by atoms with Crippen LogP contribution in [0.5, 0.6) is 0 Å². The van der Waals surface area contributed by atoms with E-state index in [0.29, 0.717) is 25.1 Å². The summed E-state index contributed by atoms with van der Waals surface area (Å²) in [6, 6.07) is 13.4. The maximum absolute atomic E-state index is 13.1. The summed E-state index contributed by atoms with van der Waals surface area (Å²) in [7, 11) is 1.63. The molecular formula is C28H29FN4O3. The van der Waals surface area contributed by atoms with E-state index < -0.39 is 0 Å². The van der Waals surface area contributed by atoms with E-state index in [2.05, 4.69) is 9.88 Å². The van der Waals surface area contributed by atoms with Gasteiger partial charge in [-0.25, -0.2) is 14.4 Å². The average Bonchev–Trinajstić information content (AvgIpc) is 3.39. The van der Waals surface area contributed by atoms with Crippen molar-refractivity contribution >= 4 is 23.2 Å². The van der Waals surface area contributed by atoms with E-state index in [1.54, 1.807) is 18.2 Å². The molecule has 0 N–H and O–H groups in total. The van der Waals surface area contributed by atoms with Crippen LogP contribution >= 0.6 is 0 Å². The van der Waals surface area contributed by atoms with Gasteiger partial charge in [0.1, 0.15) is 23.4 Å². The van der Waals surface area contributed by atoms with Gasteiger partial charge in [-0.05, 0) is 54.7 Å². The number of Topliss-reactive ketones (excluding diaryl/α,β-unsaturated/α-hetero) is 1. The van der Waals surface area contributed by atoms with E-state index in [1.807, 2.05) is 24.3 Å². The highest BCUT2D eigenvalue weighted by atomic mass is 19.1. The Balaban J connectivity index is 1.24. The van der Waals surface area contributed by atoms with Gasteiger partial charge < -0.3 is 14.5 Å². The zero-order chi connectivity index (χ0) is 25.1. The number of carbonyl (C=O) groups is 2. The lowest BCUT2D eigenvalue weighted by molar-refractivity contribution is -0.120. The maximum Gasteiger partial charge on any atom is 0.249 e. The van der Waals surface area contributed by atoms with E-state index in [4.69, 9.17) is 9.72 Å². The van der Waals surface area contributed by atoms with E-state index in [-0.39, 0.29) is 30.0 Å². The highest BCUT2D eigenvalue weighted by molar-refractivity contribution is 6.05. The number of amides is 1. The Morgan fingerprint density at radius 2 is 1.83 bits per heavy atom. The fraction of sp³-hybridized carbons (Fsp3) is 0.357. The minimum Gasteiger partial charge on any atom is -0.383 e. The van der Waals surface area contributed by atoms with Crippen molar-refractivity contribution in [3.05, 3.63) is 83.1 Å². The molecule has 1 amide bonds. The fourth-order valence-corrected chi connectivity index (χ4v) is 4.92. The third-order valence-corrected chi connectivity index (χ3v) is 6.88. The predicted octanol–water partition coefficient (Wildman–Crippen LogP) is 3.79. The zero-order valence-electron chi connectivity index (χ0n) is 20.3. The lowest BCUT2D eigenvalue weighted by atomic mass is 10.0. The van der Waals surface area contributed by atoms with Crippen molar-refractivity contribution in [3.8, 4) is 0 Å². The number of ketones is 1. The molecular weight excluding hydrogens is 459 g/mol. The van der Waals surface area contributed by atoms with Gasteiger partial charge in [0.2, 0.25) is 5.91 Å². The second kappa shape index (κ2) is 10.5. The molecule has 36 heavy (non-hydrogen) atoms. The van der Waals surface area contributed by atoms with E-state index >= 15 is 0 Å². The van der Waals surface area contributed by atoms with Crippen LogP contribution in [0.15, 0.2) is 54.7 Å². The van der Waals surface area contributed by atoms with Gasteiger partial charge in [-0.1, -0.05) is 24.3 Å². The van der Waals surface area contributed by atoms with Gasteiger partial charge in [-0.15, -0.1) is 0 Å². The number of anilines is 2. The topological polar surface area (TPSA) is 75.6 Å². The predicted molar refractivity (Wildman–Crippen MR) is 135 cm³/mol. The molecule has 0 aliphatic carbocycles. The van der Waals surface area contributed by atoms with Gasteiger partial charge >= 0.3 is 0 Å². The summed E-state index contributed by atoms with van der Waals surface area (Å²) in [5, 5.41) is 0. The number of hydrogen-bond donors (Lipinski definition) is 0. The smallest absolute Gasteiger partial charge is 0.249 e. The van der Waals surface area contributed by atoms with Crippen LogP contribution in [-0.4, -0.2) is 54.5 Å². The second-order valence-electron chi connectivity index (χ2n) is 9.25. The van der Waals surface area contributed by atoms with Crippen LogP contribution in [0, 0.1) is 5.82 Å². The molecule has 1 atom stereocenters. The number of benzene rings is 2. The first-order chi connectivity index (χ1) is 17.5. The van der Waals surface area contributed by atoms with Crippen molar-refractivity contribution in [1.29, 1.82) is 0 Å². The minimum atomic E-state index is -0.351. The molecule has 2 aromatic carbocycles. The third kappa shape index (κ3) is 4.99. The Morgan fingerprint density at radius 1 is 1.08 bits per heavy atom.